The van der Waals surface area contributed by atoms with Crippen molar-refractivity contribution < 1.29 is 37.3 Å². The molecule has 1 saturated carbocycles. The van der Waals surface area contributed by atoms with Crippen LogP contribution in [-0.2, 0) is 38.2 Å². The summed E-state index contributed by atoms with van der Waals surface area (Å²) in [6, 6.07) is 11.4. The SMILES string of the molecule is C[C-]=C(c1[c-]cccc1)[N+]1=C(C)C2(CCCCC2)n2ccnc21.[Y]. The first-order chi connectivity index (χ1) is 11.3. The number of fused-ring (bicyclic) bond motifs is 2. The molecule has 24 heavy (non-hydrogen) atoms. The Kier molecular flexibility index (Phi) is 5.22. The molecule has 1 spiro atoms. The number of aromatic nitrogens is 2. The molecule has 1 aliphatic heterocycles. The summed E-state index contributed by atoms with van der Waals surface area (Å²) in [5.74, 6) is 1.02. The number of nitrogens with zero attached hydrogens (tertiary/aromatic N) is 3. The summed E-state index contributed by atoms with van der Waals surface area (Å²) >= 11 is 0. The molecule has 1 radical (unpaired) electrons. The smallest absolute Gasteiger partial charge is 0.289 e. The van der Waals surface area contributed by atoms with Gasteiger partial charge in [-0.25, -0.2) is 16.7 Å². The molecule has 2 aromatic rings. The molecule has 2 aliphatic rings. The van der Waals surface area contributed by atoms with Crippen molar-refractivity contribution in [2.75, 3.05) is 0 Å². The van der Waals surface area contributed by atoms with Crippen molar-refractivity contribution in [3.63, 3.8) is 0 Å². The zero-order valence-electron chi connectivity index (χ0n) is 14.4. The maximum Gasteiger partial charge on any atom is 0.393 e. The van der Waals surface area contributed by atoms with Gasteiger partial charge in [0.05, 0.1) is 5.71 Å². The Morgan fingerprint density at radius 2 is 2.08 bits per heavy atom. The van der Waals surface area contributed by atoms with Gasteiger partial charge in [-0.3, -0.25) is 16.2 Å². The minimum absolute atomic E-state index is 0. The van der Waals surface area contributed by atoms with Crippen LogP contribution in [0.2, 0.25) is 0 Å². The van der Waals surface area contributed by atoms with Crippen molar-refractivity contribution in [3.8, 4) is 0 Å². The van der Waals surface area contributed by atoms with E-state index in [2.05, 4.69) is 51.5 Å². The fourth-order valence-corrected chi connectivity index (χ4v) is 4.24. The monoisotopic (exact) mass is 393 g/mol. The van der Waals surface area contributed by atoms with Gasteiger partial charge in [0.15, 0.2) is 0 Å². The number of rotatable bonds is 2. The fourth-order valence-electron chi connectivity index (χ4n) is 4.24. The quantitative estimate of drug-likeness (QED) is 0.550. The summed E-state index contributed by atoms with van der Waals surface area (Å²) in [6.07, 6.45) is 13.8. The molecule has 2 heterocycles. The molecule has 0 amide bonds. The first kappa shape index (κ1) is 17.8. The van der Waals surface area contributed by atoms with E-state index < -0.39 is 0 Å². The number of benzene rings is 1. The zero-order chi connectivity index (χ0) is 15.9. The van der Waals surface area contributed by atoms with E-state index in [1.807, 2.05) is 25.3 Å². The van der Waals surface area contributed by atoms with Gasteiger partial charge in [-0.2, -0.15) is 12.1 Å². The van der Waals surface area contributed by atoms with E-state index in [1.54, 1.807) is 0 Å². The van der Waals surface area contributed by atoms with E-state index in [1.165, 1.54) is 37.8 Å². The Labute approximate surface area is 169 Å². The Morgan fingerprint density at radius 1 is 1.29 bits per heavy atom. The van der Waals surface area contributed by atoms with Gasteiger partial charge in [-0.1, -0.05) is 11.4 Å². The number of allylic oxidation sites excluding steroid dienone is 1. The fraction of sp³-hybridized carbons (Fsp3) is 0.400. The van der Waals surface area contributed by atoms with E-state index >= 15 is 0 Å². The average molecular weight is 393 g/mol. The first-order valence-electron chi connectivity index (χ1n) is 8.48. The van der Waals surface area contributed by atoms with Crippen molar-refractivity contribution in [1.82, 2.24) is 9.55 Å². The van der Waals surface area contributed by atoms with Gasteiger partial charge in [-0.05, 0) is 32.6 Å². The largest absolute Gasteiger partial charge is 0.393 e. The minimum atomic E-state index is 0. The topological polar surface area (TPSA) is 20.8 Å². The standard InChI is InChI=1S/C20H22N3.Y/c1-3-18(17-10-6-4-7-11-17)23-16(2)20(12-8-5-9-13-20)22-15-14-21-19(22)23;/h4,6-7,10,14-15H,5,8-9,12-13H2,1-2H3;/q-1;. The molecule has 0 saturated heterocycles. The minimum Gasteiger partial charge on any atom is -0.289 e. The second-order valence-corrected chi connectivity index (χ2v) is 6.49. The molecule has 1 aromatic carbocycles. The van der Waals surface area contributed by atoms with Crippen LogP contribution in [0.25, 0.3) is 5.70 Å². The van der Waals surface area contributed by atoms with Crippen LogP contribution in [0.5, 0.6) is 0 Å². The third kappa shape index (κ3) is 2.57. The van der Waals surface area contributed by atoms with E-state index in [4.69, 9.17) is 0 Å². The van der Waals surface area contributed by atoms with Gasteiger partial charge in [-0.15, -0.1) is 18.7 Å². The van der Waals surface area contributed by atoms with Crippen LogP contribution in [0, 0.1) is 12.1 Å². The van der Waals surface area contributed by atoms with Crippen molar-refractivity contribution in [1.29, 1.82) is 0 Å². The summed E-state index contributed by atoms with van der Waals surface area (Å²) in [5, 5.41) is 0. The van der Waals surface area contributed by atoms with Gasteiger partial charge in [0.2, 0.25) is 0 Å². The van der Waals surface area contributed by atoms with Gasteiger partial charge in [0.25, 0.3) is 0 Å². The van der Waals surface area contributed by atoms with Crippen LogP contribution >= 0.6 is 0 Å². The van der Waals surface area contributed by atoms with E-state index in [-0.39, 0.29) is 38.2 Å². The Hall–Kier alpha value is -1.06. The third-order valence-corrected chi connectivity index (χ3v) is 5.40. The first-order valence-corrected chi connectivity index (χ1v) is 8.48. The van der Waals surface area contributed by atoms with Crippen LogP contribution in [0.3, 0.4) is 0 Å². The van der Waals surface area contributed by atoms with Crippen molar-refractivity contribution in [3.05, 3.63) is 54.4 Å². The zero-order valence-corrected chi connectivity index (χ0v) is 17.3. The van der Waals surface area contributed by atoms with Crippen LogP contribution < -0.4 is 0 Å². The van der Waals surface area contributed by atoms with Crippen LogP contribution in [0.1, 0.15) is 51.5 Å². The van der Waals surface area contributed by atoms with E-state index in [0.29, 0.717) is 0 Å². The second-order valence-electron chi connectivity index (χ2n) is 6.49. The molecule has 0 atom stereocenters. The molecule has 0 N–H and O–H groups in total. The second kappa shape index (κ2) is 7.05. The summed E-state index contributed by atoms with van der Waals surface area (Å²) in [5.41, 5.74) is 3.60. The normalized spacial score (nSPS) is 19.3. The maximum absolute atomic E-state index is 4.67. The average Bonchev–Trinajstić information content (AvgIpc) is 3.16. The Balaban J connectivity index is 0.00000169. The van der Waals surface area contributed by atoms with Crippen LogP contribution in [0.15, 0.2) is 36.7 Å². The van der Waals surface area contributed by atoms with Gasteiger partial charge >= 0.3 is 5.95 Å². The van der Waals surface area contributed by atoms with Crippen molar-refractivity contribution in [2.45, 2.75) is 51.5 Å². The molecule has 3 nitrogen and oxygen atoms in total. The van der Waals surface area contributed by atoms with Crippen LogP contribution in [0.4, 0.5) is 5.95 Å². The molecule has 4 heteroatoms. The predicted molar refractivity (Wildman–Crippen MR) is 91.5 cm³/mol. The Morgan fingerprint density at radius 3 is 2.75 bits per heavy atom. The molecule has 1 aromatic heterocycles. The molecule has 0 unspecified atom stereocenters. The van der Waals surface area contributed by atoms with Crippen molar-refractivity contribution in [2.24, 2.45) is 0 Å². The summed E-state index contributed by atoms with van der Waals surface area (Å²) in [4.78, 5) is 4.67. The van der Waals surface area contributed by atoms with Crippen LogP contribution in [-0.4, -0.2) is 19.8 Å². The summed E-state index contributed by atoms with van der Waals surface area (Å²) < 4.78 is 4.68. The molecule has 1 fully saturated rings. The maximum atomic E-state index is 4.67. The molecular weight excluding hydrogens is 371 g/mol. The van der Waals surface area contributed by atoms with Gasteiger partial charge in [0, 0.05) is 32.7 Å². The summed E-state index contributed by atoms with van der Waals surface area (Å²) in [7, 11) is 0. The van der Waals surface area contributed by atoms with E-state index in [9.17, 15) is 0 Å². The molecule has 4 rings (SSSR count). The van der Waals surface area contributed by atoms with E-state index in [0.717, 1.165) is 17.2 Å². The molecule has 1 aliphatic carbocycles. The summed E-state index contributed by atoms with van der Waals surface area (Å²) in [6.45, 7) is 4.24. The third-order valence-electron chi connectivity index (χ3n) is 5.40. The predicted octanol–water partition coefficient (Wildman–Crippen LogP) is 4.32. The number of hydrogen-bond acceptors (Lipinski definition) is 1. The van der Waals surface area contributed by atoms with Gasteiger partial charge in [0.1, 0.15) is 17.9 Å². The molecule has 0 bridgehead atoms. The van der Waals surface area contributed by atoms with Gasteiger partial charge < -0.3 is 0 Å². The number of imidazole rings is 1. The molecule has 121 valence electrons. The Bertz CT molecular complexity index is 780. The van der Waals surface area contributed by atoms with Crippen molar-refractivity contribution >= 4 is 17.4 Å². The number of hydrogen-bond donors (Lipinski definition) is 0. The molecular formula is C20H22N3Y-.